The van der Waals surface area contributed by atoms with Gasteiger partial charge in [0.2, 0.25) is 0 Å². The van der Waals surface area contributed by atoms with E-state index in [-0.39, 0.29) is 19.2 Å². The van der Waals surface area contributed by atoms with Gasteiger partial charge in [-0.25, -0.2) is 0 Å². The molecule has 4 nitrogen and oxygen atoms in total. The minimum absolute atomic E-state index is 0.0244. The Morgan fingerprint density at radius 3 is 2.12 bits per heavy atom. The molecule has 1 aliphatic rings. The molecule has 1 aromatic carbocycles. The van der Waals surface area contributed by atoms with Gasteiger partial charge in [0, 0.05) is 13.1 Å². The maximum Gasteiger partial charge on any atom is 0.416 e. The average molecular weight is 359 g/mol. The van der Waals surface area contributed by atoms with Crippen molar-refractivity contribution in [3.63, 3.8) is 0 Å². The van der Waals surface area contributed by atoms with Crippen LogP contribution < -0.4 is 5.32 Å². The van der Waals surface area contributed by atoms with Gasteiger partial charge in [0.15, 0.2) is 6.29 Å². The molecule has 1 saturated heterocycles. The van der Waals surface area contributed by atoms with Gasteiger partial charge in [-0.1, -0.05) is 0 Å². The van der Waals surface area contributed by atoms with Crippen molar-refractivity contribution < 1.29 is 40.9 Å². The van der Waals surface area contributed by atoms with Crippen molar-refractivity contribution in [3.8, 4) is 0 Å². The molecule has 0 saturated carbocycles. The van der Waals surface area contributed by atoms with Crippen LogP contribution in [0.4, 0.5) is 26.3 Å². The molecule has 1 aromatic rings. The number of ether oxygens (including phenoxy) is 2. The fourth-order valence-electron chi connectivity index (χ4n) is 2.20. The third-order valence-corrected chi connectivity index (χ3v) is 3.36. The minimum Gasteiger partial charge on any atom is -0.393 e. The molecule has 1 heterocycles. The molecule has 0 aromatic heterocycles. The van der Waals surface area contributed by atoms with Gasteiger partial charge in [0.1, 0.15) is 6.10 Å². The summed E-state index contributed by atoms with van der Waals surface area (Å²) in [6.45, 7) is 0.241. The second-order valence-electron chi connectivity index (χ2n) is 5.15. The Morgan fingerprint density at radius 1 is 1.12 bits per heavy atom. The summed E-state index contributed by atoms with van der Waals surface area (Å²) < 4.78 is 87.6. The highest BCUT2D eigenvalue weighted by molar-refractivity contribution is 5.35. The molecular formula is C14H15F6NO3. The molecule has 0 unspecified atom stereocenters. The van der Waals surface area contributed by atoms with Gasteiger partial charge in [-0.2, -0.15) is 26.3 Å². The Hall–Kier alpha value is -1.36. The van der Waals surface area contributed by atoms with Crippen molar-refractivity contribution in [1.82, 2.24) is 5.32 Å². The van der Waals surface area contributed by atoms with Gasteiger partial charge in [0.05, 0.1) is 24.3 Å². The van der Waals surface area contributed by atoms with Crippen molar-refractivity contribution >= 4 is 0 Å². The average Bonchev–Trinajstić information content (AvgIpc) is 2.51. The van der Waals surface area contributed by atoms with Crippen LogP contribution in [0.1, 0.15) is 22.8 Å². The lowest BCUT2D eigenvalue weighted by Gasteiger charge is -2.28. The topological polar surface area (TPSA) is 50.7 Å². The summed E-state index contributed by atoms with van der Waals surface area (Å²) in [5, 5.41) is 12.2. The highest BCUT2D eigenvalue weighted by Gasteiger charge is 2.37. The normalized spacial score (nSPS) is 20.9. The predicted molar refractivity (Wildman–Crippen MR) is 70.0 cm³/mol. The molecule has 2 atom stereocenters. The van der Waals surface area contributed by atoms with Gasteiger partial charge in [-0.05, 0) is 23.8 Å². The molecule has 0 amide bonds. The van der Waals surface area contributed by atoms with Gasteiger partial charge in [-0.3, -0.25) is 0 Å². The van der Waals surface area contributed by atoms with Crippen LogP contribution in [0.15, 0.2) is 18.2 Å². The van der Waals surface area contributed by atoms with E-state index in [1.807, 2.05) is 0 Å². The molecule has 0 bridgehead atoms. The zero-order valence-electron chi connectivity index (χ0n) is 12.2. The standard InChI is InChI=1S/C14H15F6NO3/c15-13(16,17)9-3-8(4-10(5-9)14(18,19)20)11(7-22)24-12-6-21-1-2-23-12/h3-5,11-12,21-22H,1-2,6-7H2/t11-,12-/m1/s1. The number of halogens is 6. The van der Waals surface area contributed by atoms with Crippen molar-refractivity contribution in [2.45, 2.75) is 24.7 Å². The van der Waals surface area contributed by atoms with Crippen LogP contribution in [0.2, 0.25) is 0 Å². The Kier molecular flexibility index (Phi) is 5.74. The first-order chi connectivity index (χ1) is 11.1. The second-order valence-corrected chi connectivity index (χ2v) is 5.15. The third kappa shape index (κ3) is 4.82. The summed E-state index contributed by atoms with van der Waals surface area (Å²) >= 11 is 0. The molecule has 2 rings (SSSR count). The Bertz CT molecular complexity index is 522. The highest BCUT2D eigenvalue weighted by Crippen LogP contribution is 2.38. The number of rotatable bonds is 4. The van der Waals surface area contributed by atoms with E-state index in [1.54, 1.807) is 0 Å². The number of aliphatic hydroxyl groups is 1. The van der Waals surface area contributed by atoms with Crippen LogP contribution in [-0.2, 0) is 21.8 Å². The number of alkyl halides is 6. The Balaban J connectivity index is 2.34. The van der Waals surface area contributed by atoms with Crippen LogP contribution >= 0.6 is 0 Å². The lowest BCUT2D eigenvalue weighted by molar-refractivity contribution is -0.188. The fraction of sp³-hybridized carbons (Fsp3) is 0.571. The maximum atomic E-state index is 12.9. The zero-order valence-corrected chi connectivity index (χ0v) is 12.2. The van der Waals surface area contributed by atoms with Crippen molar-refractivity contribution in [2.24, 2.45) is 0 Å². The third-order valence-electron chi connectivity index (χ3n) is 3.36. The van der Waals surface area contributed by atoms with E-state index in [4.69, 9.17) is 9.47 Å². The highest BCUT2D eigenvalue weighted by atomic mass is 19.4. The summed E-state index contributed by atoms with van der Waals surface area (Å²) in [6, 6.07) is 1.09. The number of benzene rings is 1. The summed E-state index contributed by atoms with van der Waals surface area (Å²) in [7, 11) is 0. The number of morpholine rings is 1. The molecule has 0 radical (unpaired) electrons. The first-order valence-corrected chi connectivity index (χ1v) is 6.99. The molecule has 1 aliphatic heterocycles. The van der Waals surface area contributed by atoms with Crippen LogP contribution in [0.3, 0.4) is 0 Å². The summed E-state index contributed by atoms with van der Waals surface area (Å²) in [5.41, 5.74) is -3.34. The molecule has 0 spiro atoms. The Labute approximate surface area is 133 Å². The van der Waals surface area contributed by atoms with Crippen LogP contribution in [0.25, 0.3) is 0 Å². The van der Waals surface area contributed by atoms with E-state index < -0.39 is 48.0 Å². The van der Waals surface area contributed by atoms with Crippen molar-refractivity contribution in [2.75, 3.05) is 26.3 Å². The molecule has 24 heavy (non-hydrogen) atoms. The first-order valence-electron chi connectivity index (χ1n) is 6.99. The summed E-state index contributed by atoms with van der Waals surface area (Å²) in [4.78, 5) is 0. The quantitative estimate of drug-likeness (QED) is 0.812. The van der Waals surface area contributed by atoms with Crippen molar-refractivity contribution in [3.05, 3.63) is 34.9 Å². The fourth-order valence-corrected chi connectivity index (χ4v) is 2.20. The van der Waals surface area contributed by atoms with Gasteiger partial charge in [-0.15, -0.1) is 0 Å². The van der Waals surface area contributed by atoms with Crippen LogP contribution in [0, 0.1) is 0 Å². The number of hydrogen-bond donors (Lipinski definition) is 2. The zero-order chi connectivity index (χ0) is 18.0. The monoisotopic (exact) mass is 359 g/mol. The number of hydrogen-bond acceptors (Lipinski definition) is 4. The molecule has 136 valence electrons. The molecular weight excluding hydrogens is 344 g/mol. The number of nitrogens with one attached hydrogen (secondary N) is 1. The largest absolute Gasteiger partial charge is 0.416 e. The smallest absolute Gasteiger partial charge is 0.393 e. The Morgan fingerprint density at radius 2 is 1.71 bits per heavy atom. The SMILES string of the molecule is OC[C@@H](O[C@@H]1CNCCO1)c1cc(C(F)(F)F)cc(C(F)(F)F)c1. The lowest BCUT2D eigenvalue weighted by atomic mass is 10.0. The van der Waals surface area contributed by atoms with E-state index in [9.17, 15) is 31.4 Å². The van der Waals surface area contributed by atoms with E-state index in [2.05, 4.69) is 5.32 Å². The van der Waals surface area contributed by atoms with E-state index in [0.717, 1.165) is 0 Å². The van der Waals surface area contributed by atoms with Gasteiger partial charge in [0.25, 0.3) is 0 Å². The summed E-state index contributed by atoms with van der Waals surface area (Å²) in [6.07, 6.45) is -12.2. The first kappa shape index (κ1) is 19.0. The molecule has 10 heteroatoms. The molecule has 0 aliphatic carbocycles. The lowest BCUT2D eigenvalue weighted by Crippen LogP contribution is -2.41. The van der Waals surface area contributed by atoms with Gasteiger partial charge >= 0.3 is 12.4 Å². The predicted octanol–water partition coefficient (Wildman–Crippen LogP) is 2.72. The van der Waals surface area contributed by atoms with Crippen LogP contribution in [0.5, 0.6) is 0 Å². The molecule has 1 fully saturated rings. The molecule has 2 N–H and O–H groups in total. The second kappa shape index (κ2) is 7.26. The minimum atomic E-state index is -4.96. The van der Waals surface area contributed by atoms with E-state index in [1.165, 1.54) is 0 Å². The van der Waals surface area contributed by atoms with E-state index >= 15 is 0 Å². The number of aliphatic hydroxyl groups excluding tert-OH is 1. The summed E-state index contributed by atoms with van der Waals surface area (Å²) in [5.74, 6) is 0. The van der Waals surface area contributed by atoms with Crippen LogP contribution in [-0.4, -0.2) is 37.7 Å². The maximum absolute atomic E-state index is 12.9. The van der Waals surface area contributed by atoms with Gasteiger partial charge < -0.3 is 19.9 Å². The van der Waals surface area contributed by atoms with Crippen molar-refractivity contribution in [1.29, 1.82) is 0 Å². The van der Waals surface area contributed by atoms with E-state index in [0.29, 0.717) is 18.7 Å².